The fourth-order valence-electron chi connectivity index (χ4n) is 1.56. The summed E-state index contributed by atoms with van der Waals surface area (Å²) < 4.78 is 18.0. The van der Waals surface area contributed by atoms with Crippen LogP contribution in [0.25, 0.3) is 0 Å². The molecule has 0 spiro atoms. The molecule has 108 valence electrons. The topological polar surface area (TPSA) is 58.9 Å². The summed E-state index contributed by atoms with van der Waals surface area (Å²) in [5.41, 5.74) is 1.17. The third-order valence-electron chi connectivity index (χ3n) is 2.48. The van der Waals surface area contributed by atoms with Gasteiger partial charge in [0.05, 0.1) is 10.7 Å². The second kappa shape index (κ2) is 6.85. The van der Waals surface area contributed by atoms with E-state index < -0.39 is 12.6 Å². The SMILES string of the molecule is O=C(O)COc1ccc(C=Nc2cccc(F)c2)cc1Cl. The molecule has 0 aliphatic rings. The lowest BCUT2D eigenvalue weighted by atomic mass is 10.2. The molecule has 1 N–H and O–H groups in total. The van der Waals surface area contributed by atoms with Crippen LogP contribution in [0.4, 0.5) is 10.1 Å². The fourth-order valence-corrected chi connectivity index (χ4v) is 1.80. The number of carbonyl (C=O) groups is 1. The van der Waals surface area contributed by atoms with E-state index >= 15 is 0 Å². The second-order valence-electron chi connectivity index (χ2n) is 4.11. The molecule has 2 aromatic carbocycles. The van der Waals surface area contributed by atoms with Crippen molar-refractivity contribution in [2.75, 3.05) is 6.61 Å². The van der Waals surface area contributed by atoms with Crippen LogP contribution in [0.1, 0.15) is 5.56 Å². The molecule has 21 heavy (non-hydrogen) atoms. The van der Waals surface area contributed by atoms with Crippen LogP contribution in [0.15, 0.2) is 47.5 Å². The van der Waals surface area contributed by atoms with Crippen LogP contribution in [-0.2, 0) is 4.79 Å². The van der Waals surface area contributed by atoms with Crippen LogP contribution in [0.5, 0.6) is 5.75 Å². The maximum atomic E-state index is 13.0. The molecule has 0 saturated heterocycles. The van der Waals surface area contributed by atoms with E-state index in [0.717, 1.165) is 0 Å². The number of benzene rings is 2. The van der Waals surface area contributed by atoms with Crippen LogP contribution >= 0.6 is 11.6 Å². The molecule has 0 aliphatic heterocycles. The van der Waals surface area contributed by atoms with Gasteiger partial charge in [-0.3, -0.25) is 4.99 Å². The Morgan fingerprint density at radius 1 is 1.33 bits per heavy atom. The number of carboxylic acid groups (broad SMARTS) is 1. The predicted molar refractivity (Wildman–Crippen MR) is 78.2 cm³/mol. The Hall–Kier alpha value is -2.40. The van der Waals surface area contributed by atoms with E-state index in [2.05, 4.69) is 4.99 Å². The summed E-state index contributed by atoms with van der Waals surface area (Å²) in [6.45, 7) is -0.462. The summed E-state index contributed by atoms with van der Waals surface area (Å²) >= 11 is 5.98. The van der Waals surface area contributed by atoms with Crippen molar-refractivity contribution < 1.29 is 19.0 Å². The van der Waals surface area contributed by atoms with Gasteiger partial charge in [0.25, 0.3) is 0 Å². The third kappa shape index (κ3) is 4.57. The summed E-state index contributed by atoms with van der Waals surface area (Å²) in [6, 6.07) is 10.7. The molecule has 0 fully saturated rings. The van der Waals surface area contributed by atoms with Crippen molar-refractivity contribution in [1.82, 2.24) is 0 Å². The van der Waals surface area contributed by atoms with Gasteiger partial charge in [-0.05, 0) is 42.0 Å². The summed E-state index contributed by atoms with van der Waals surface area (Å²) in [5, 5.41) is 8.81. The number of halogens is 2. The molecule has 0 bridgehead atoms. The van der Waals surface area contributed by atoms with Crippen molar-refractivity contribution in [3.05, 3.63) is 58.9 Å². The standard InChI is InChI=1S/C15H11ClFNO3/c16-13-6-10(4-5-14(13)21-9-15(19)20)8-18-12-3-1-2-11(17)7-12/h1-8H,9H2,(H,19,20). The van der Waals surface area contributed by atoms with E-state index in [1.165, 1.54) is 18.3 Å². The highest BCUT2D eigenvalue weighted by molar-refractivity contribution is 6.32. The maximum Gasteiger partial charge on any atom is 0.341 e. The van der Waals surface area contributed by atoms with E-state index in [1.54, 1.807) is 30.3 Å². The van der Waals surface area contributed by atoms with Gasteiger partial charge in [-0.15, -0.1) is 0 Å². The number of hydrogen-bond donors (Lipinski definition) is 1. The number of rotatable bonds is 5. The molecule has 0 aromatic heterocycles. The quantitative estimate of drug-likeness (QED) is 0.857. The minimum Gasteiger partial charge on any atom is -0.480 e. The van der Waals surface area contributed by atoms with Gasteiger partial charge >= 0.3 is 5.97 Å². The lowest BCUT2D eigenvalue weighted by Gasteiger charge is -2.05. The molecular weight excluding hydrogens is 297 g/mol. The fraction of sp³-hybridized carbons (Fsp3) is 0.0667. The van der Waals surface area contributed by atoms with Gasteiger partial charge in [-0.2, -0.15) is 0 Å². The molecule has 6 heteroatoms. The molecule has 0 amide bonds. The summed E-state index contributed by atoms with van der Waals surface area (Å²) in [6.07, 6.45) is 1.53. The largest absolute Gasteiger partial charge is 0.480 e. The maximum absolute atomic E-state index is 13.0. The molecular formula is C15H11ClFNO3. The van der Waals surface area contributed by atoms with Crippen molar-refractivity contribution in [3.63, 3.8) is 0 Å². The number of nitrogens with zero attached hydrogens (tertiary/aromatic N) is 1. The Balaban J connectivity index is 2.11. The third-order valence-corrected chi connectivity index (χ3v) is 2.77. The molecule has 2 rings (SSSR count). The van der Waals surface area contributed by atoms with E-state index in [1.807, 2.05) is 0 Å². The number of hydrogen-bond acceptors (Lipinski definition) is 3. The predicted octanol–water partition coefficient (Wildman–Crippen LogP) is 3.69. The van der Waals surface area contributed by atoms with Crippen molar-refractivity contribution in [1.29, 1.82) is 0 Å². The first kappa shape index (κ1) is 15.0. The first-order valence-electron chi connectivity index (χ1n) is 5.98. The van der Waals surface area contributed by atoms with Gasteiger partial charge in [0.15, 0.2) is 6.61 Å². The van der Waals surface area contributed by atoms with Gasteiger partial charge in [0, 0.05) is 6.21 Å². The molecule has 0 atom stereocenters. The van der Waals surface area contributed by atoms with E-state index in [9.17, 15) is 9.18 Å². The van der Waals surface area contributed by atoms with Crippen molar-refractivity contribution in [3.8, 4) is 5.75 Å². The van der Waals surface area contributed by atoms with Crippen molar-refractivity contribution in [2.45, 2.75) is 0 Å². The number of aliphatic imine (C=N–C) groups is 1. The van der Waals surface area contributed by atoms with Gasteiger partial charge < -0.3 is 9.84 Å². The zero-order valence-electron chi connectivity index (χ0n) is 10.8. The molecule has 0 aliphatic carbocycles. The first-order valence-corrected chi connectivity index (χ1v) is 6.36. The molecule has 0 radical (unpaired) electrons. The van der Waals surface area contributed by atoms with Gasteiger partial charge in [0.2, 0.25) is 0 Å². The minimum absolute atomic E-state index is 0.277. The van der Waals surface area contributed by atoms with E-state index in [0.29, 0.717) is 11.3 Å². The van der Waals surface area contributed by atoms with E-state index in [-0.39, 0.29) is 16.6 Å². The van der Waals surface area contributed by atoms with Gasteiger partial charge in [-0.1, -0.05) is 17.7 Å². The number of aliphatic carboxylic acids is 1. The molecule has 0 saturated carbocycles. The molecule has 0 heterocycles. The van der Waals surface area contributed by atoms with Crippen molar-refractivity contribution in [2.24, 2.45) is 4.99 Å². The van der Waals surface area contributed by atoms with Gasteiger partial charge in [-0.25, -0.2) is 9.18 Å². The Morgan fingerprint density at radius 3 is 2.81 bits per heavy atom. The Kier molecular flexibility index (Phi) is 4.90. The van der Waals surface area contributed by atoms with E-state index in [4.69, 9.17) is 21.4 Å². The Labute approximate surface area is 125 Å². The second-order valence-corrected chi connectivity index (χ2v) is 4.52. The average molecular weight is 308 g/mol. The average Bonchev–Trinajstić information content (AvgIpc) is 2.44. The number of ether oxygens (including phenoxy) is 1. The highest BCUT2D eigenvalue weighted by atomic mass is 35.5. The minimum atomic E-state index is -1.08. The van der Waals surface area contributed by atoms with Crippen molar-refractivity contribution >= 4 is 29.5 Å². The highest BCUT2D eigenvalue weighted by Crippen LogP contribution is 2.25. The highest BCUT2D eigenvalue weighted by Gasteiger charge is 2.04. The molecule has 4 nitrogen and oxygen atoms in total. The zero-order chi connectivity index (χ0) is 15.2. The summed E-state index contributed by atoms with van der Waals surface area (Å²) in [7, 11) is 0. The van der Waals surface area contributed by atoms with Crippen LogP contribution < -0.4 is 4.74 Å². The smallest absolute Gasteiger partial charge is 0.341 e. The van der Waals surface area contributed by atoms with Gasteiger partial charge in [0.1, 0.15) is 11.6 Å². The number of carboxylic acids is 1. The van der Waals surface area contributed by atoms with Crippen LogP contribution in [-0.4, -0.2) is 23.9 Å². The first-order chi connectivity index (χ1) is 10.0. The Bertz CT molecular complexity index is 688. The lowest BCUT2D eigenvalue weighted by Crippen LogP contribution is -2.09. The van der Waals surface area contributed by atoms with Crippen LogP contribution in [0, 0.1) is 5.82 Å². The lowest BCUT2D eigenvalue weighted by molar-refractivity contribution is -0.139. The Morgan fingerprint density at radius 2 is 2.14 bits per heavy atom. The van der Waals surface area contributed by atoms with Crippen LogP contribution in [0.3, 0.4) is 0 Å². The zero-order valence-corrected chi connectivity index (χ0v) is 11.5. The normalized spacial score (nSPS) is 10.8. The monoisotopic (exact) mass is 307 g/mol. The summed E-state index contributed by atoms with van der Waals surface area (Å²) in [4.78, 5) is 14.5. The molecule has 2 aromatic rings. The summed E-state index contributed by atoms with van der Waals surface area (Å²) in [5.74, 6) is -1.16. The van der Waals surface area contributed by atoms with Crippen LogP contribution in [0.2, 0.25) is 5.02 Å². The molecule has 0 unspecified atom stereocenters.